The van der Waals surface area contributed by atoms with Gasteiger partial charge in [-0.05, 0) is 56.3 Å². The number of imidazole rings is 1. The molecule has 3 N–H and O–H groups in total. The molecular weight excluding hydrogens is 637 g/mol. The molecule has 2 atom stereocenters. The standard InChI is InChI=1S/C27H27Cl2N5O3.2HNO3/c1-18(2)32-26-31-10-9-25(33-26)19-3-6-21(7-4-19)35-14-22-15-36-27(37-22,16-34-12-11-30-17-34)23-8-5-20(28)13-24(23)29;2*2-1(3)4/h3-13,17-18,22H,14-16H2,1-2H3,(H,31,32,33);2*(H,2,3,4)/t22-,27-;;/m1../s1. The van der Waals surface area contributed by atoms with Crippen LogP contribution in [0.5, 0.6) is 5.75 Å². The maximum absolute atomic E-state index is 8.36. The van der Waals surface area contributed by atoms with E-state index in [-0.39, 0.29) is 12.1 Å². The second-order valence-electron chi connectivity index (χ2n) is 9.54. The molecule has 1 fully saturated rings. The number of ether oxygens (including phenoxy) is 3. The van der Waals surface area contributed by atoms with Crippen LogP contribution < -0.4 is 10.1 Å². The van der Waals surface area contributed by atoms with Crippen LogP contribution in [-0.4, -0.2) is 65.5 Å². The topological polar surface area (TPSA) is 210 Å². The molecule has 0 spiro atoms. The van der Waals surface area contributed by atoms with Crippen LogP contribution in [0.25, 0.3) is 11.3 Å². The normalized spacial score (nSPS) is 17.0. The van der Waals surface area contributed by atoms with E-state index in [0.29, 0.717) is 41.3 Å². The van der Waals surface area contributed by atoms with Crippen LogP contribution in [0.4, 0.5) is 5.95 Å². The van der Waals surface area contributed by atoms with Gasteiger partial charge in [0.05, 0.1) is 30.2 Å². The van der Waals surface area contributed by atoms with Crippen molar-refractivity contribution in [3.8, 4) is 17.0 Å². The molecule has 3 heterocycles. The third-order valence-electron chi connectivity index (χ3n) is 5.81. The number of nitrogens with one attached hydrogen (secondary N) is 1. The average molecular weight is 666 g/mol. The molecule has 0 radical (unpaired) electrons. The second kappa shape index (κ2) is 16.3. The van der Waals surface area contributed by atoms with Gasteiger partial charge in [0.1, 0.15) is 18.5 Å². The predicted molar refractivity (Wildman–Crippen MR) is 160 cm³/mol. The maximum Gasteiger partial charge on any atom is 0.291 e. The van der Waals surface area contributed by atoms with Crippen LogP contribution in [0.15, 0.2) is 73.4 Å². The van der Waals surface area contributed by atoms with Gasteiger partial charge in [-0.1, -0.05) is 29.3 Å². The Labute approximate surface area is 266 Å². The Kier molecular flexibility index (Phi) is 12.6. The van der Waals surface area contributed by atoms with Crippen molar-refractivity contribution >= 4 is 29.2 Å². The zero-order chi connectivity index (χ0) is 33.0. The van der Waals surface area contributed by atoms with Crippen LogP contribution in [0.2, 0.25) is 10.0 Å². The zero-order valence-corrected chi connectivity index (χ0v) is 25.4. The Bertz CT molecular complexity index is 1530. The van der Waals surface area contributed by atoms with Crippen molar-refractivity contribution in [3.05, 3.63) is 109 Å². The highest BCUT2D eigenvalue weighted by Gasteiger charge is 2.45. The number of anilines is 1. The third kappa shape index (κ3) is 11.0. The Morgan fingerprint density at radius 1 is 1.11 bits per heavy atom. The maximum atomic E-state index is 8.36. The van der Waals surface area contributed by atoms with Gasteiger partial charge in [-0.15, -0.1) is 20.2 Å². The number of aromatic nitrogens is 4. The van der Waals surface area contributed by atoms with Crippen LogP contribution in [-0.2, 0) is 21.8 Å². The van der Waals surface area contributed by atoms with Crippen molar-refractivity contribution in [2.24, 2.45) is 0 Å². The van der Waals surface area contributed by atoms with Crippen molar-refractivity contribution < 1.29 is 34.8 Å². The molecule has 18 heteroatoms. The molecule has 0 unspecified atom stereocenters. The fourth-order valence-electron chi connectivity index (χ4n) is 4.13. The lowest BCUT2D eigenvalue weighted by molar-refractivity contribution is -0.742. The lowest BCUT2D eigenvalue weighted by atomic mass is 10.1. The lowest BCUT2D eigenvalue weighted by Gasteiger charge is -2.30. The highest BCUT2D eigenvalue weighted by molar-refractivity contribution is 6.35. The summed E-state index contributed by atoms with van der Waals surface area (Å²) in [6.07, 6.45) is 6.71. The van der Waals surface area contributed by atoms with Gasteiger partial charge in [-0.3, -0.25) is 0 Å². The Hall–Kier alpha value is -4.77. The van der Waals surface area contributed by atoms with Crippen molar-refractivity contribution in [1.29, 1.82) is 0 Å². The second-order valence-corrected chi connectivity index (χ2v) is 10.4. The van der Waals surface area contributed by atoms with E-state index in [9.17, 15) is 0 Å². The van der Waals surface area contributed by atoms with Crippen molar-refractivity contribution in [2.75, 3.05) is 18.5 Å². The summed E-state index contributed by atoms with van der Waals surface area (Å²) in [4.78, 5) is 29.7. The number of hydrogen-bond donors (Lipinski definition) is 3. The molecular formula is C27H29Cl2N7O9. The highest BCUT2D eigenvalue weighted by atomic mass is 35.5. The minimum Gasteiger partial charge on any atom is -0.491 e. The Balaban J connectivity index is 0.000000619. The molecule has 1 aliphatic rings. The first kappa shape index (κ1) is 34.7. The van der Waals surface area contributed by atoms with Crippen molar-refractivity contribution in [1.82, 2.24) is 19.5 Å². The highest BCUT2D eigenvalue weighted by Crippen LogP contribution is 2.40. The Morgan fingerprint density at radius 2 is 1.80 bits per heavy atom. The van der Waals surface area contributed by atoms with Gasteiger partial charge in [-0.2, -0.15) is 0 Å². The minimum atomic E-state index is -1.50. The summed E-state index contributed by atoms with van der Waals surface area (Å²) in [6.45, 7) is 5.14. The van der Waals surface area contributed by atoms with E-state index in [4.69, 9.17) is 68.1 Å². The molecule has 0 bridgehead atoms. The molecule has 45 heavy (non-hydrogen) atoms. The zero-order valence-electron chi connectivity index (χ0n) is 23.9. The molecule has 5 rings (SSSR count). The minimum absolute atomic E-state index is 0.252. The molecule has 1 aliphatic heterocycles. The SMILES string of the molecule is CC(C)Nc1nccc(-c2ccc(OC[C@@H]3CO[C@@](Cn4ccnc4)(c4ccc(Cl)cc4Cl)O3)cc2)n1.O=[N+]([O-])O.O=[N+]([O-])O. The van der Waals surface area contributed by atoms with Crippen molar-refractivity contribution in [3.63, 3.8) is 0 Å². The van der Waals surface area contributed by atoms with Crippen LogP contribution in [0, 0.1) is 20.2 Å². The number of halogens is 2. The van der Waals surface area contributed by atoms with Crippen LogP contribution in [0.3, 0.4) is 0 Å². The number of benzene rings is 2. The summed E-state index contributed by atoms with van der Waals surface area (Å²) in [6, 6.07) is 15.2. The molecule has 2 aromatic carbocycles. The van der Waals surface area contributed by atoms with E-state index < -0.39 is 16.0 Å². The molecule has 16 nitrogen and oxygen atoms in total. The van der Waals surface area contributed by atoms with E-state index >= 15 is 0 Å². The smallest absolute Gasteiger partial charge is 0.291 e. The molecule has 0 amide bonds. The average Bonchev–Trinajstić information content (AvgIpc) is 3.62. The van der Waals surface area contributed by atoms with Gasteiger partial charge in [0.2, 0.25) is 11.7 Å². The molecule has 1 saturated heterocycles. The predicted octanol–water partition coefficient (Wildman–Crippen LogP) is 5.12. The molecule has 0 aliphatic carbocycles. The van der Waals surface area contributed by atoms with Crippen molar-refractivity contribution in [2.45, 2.75) is 38.3 Å². The summed E-state index contributed by atoms with van der Waals surface area (Å²) in [7, 11) is 0. The summed E-state index contributed by atoms with van der Waals surface area (Å²) in [5, 5.41) is 31.5. The fraction of sp³-hybridized carbons (Fsp3) is 0.296. The fourth-order valence-corrected chi connectivity index (χ4v) is 4.69. The van der Waals surface area contributed by atoms with E-state index in [1.165, 1.54) is 0 Å². The van der Waals surface area contributed by atoms with Gasteiger partial charge in [0.15, 0.2) is 0 Å². The lowest BCUT2D eigenvalue weighted by Crippen LogP contribution is -2.34. The monoisotopic (exact) mass is 665 g/mol. The van der Waals surface area contributed by atoms with Gasteiger partial charge < -0.3 is 34.5 Å². The number of hydrogen-bond acceptors (Lipinski definition) is 11. The summed E-state index contributed by atoms with van der Waals surface area (Å²) >= 11 is 12.7. The summed E-state index contributed by atoms with van der Waals surface area (Å²) < 4.78 is 20.6. The number of nitrogens with zero attached hydrogens (tertiary/aromatic N) is 6. The Morgan fingerprint density at radius 3 is 2.40 bits per heavy atom. The largest absolute Gasteiger partial charge is 0.491 e. The number of rotatable bonds is 9. The van der Waals surface area contributed by atoms with E-state index in [0.717, 1.165) is 17.0 Å². The molecule has 0 saturated carbocycles. The van der Waals surface area contributed by atoms with E-state index in [2.05, 4.69) is 20.3 Å². The first-order valence-electron chi connectivity index (χ1n) is 13.1. The van der Waals surface area contributed by atoms with Crippen LogP contribution >= 0.6 is 23.2 Å². The van der Waals surface area contributed by atoms with Gasteiger partial charge in [0, 0.05) is 40.8 Å². The van der Waals surface area contributed by atoms with Gasteiger partial charge in [-0.25, -0.2) is 15.0 Å². The van der Waals surface area contributed by atoms with E-state index in [1.807, 2.05) is 61.0 Å². The summed E-state index contributed by atoms with van der Waals surface area (Å²) in [5.74, 6) is 0.236. The van der Waals surface area contributed by atoms with Gasteiger partial charge >= 0.3 is 0 Å². The molecule has 4 aromatic rings. The quantitative estimate of drug-likeness (QED) is 0.157. The summed E-state index contributed by atoms with van der Waals surface area (Å²) in [5.41, 5.74) is 2.51. The van der Waals surface area contributed by atoms with E-state index in [1.54, 1.807) is 30.9 Å². The first-order valence-corrected chi connectivity index (χ1v) is 13.8. The van der Waals surface area contributed by atoms with Crippen LogP contribution in [0.1, 0.15) is 19.4 Å². The van der Waals surface area contributed by atoms with Gasteiger partial charge in [0.25, 0.3) is 10.2 Å². The first-order chi connectivity index (χ1) is 21.4. The third-order valence-corrected chi connectivity index (χ3v) is 6.36. The molecule has 240 valence electrons. The molecule has 2 aromatic heterocycles.